The van der Waals surface area contributed by atoms with Crippen LogP contribution in [-0.4, -0.2) is 36.0 Å². The molecule has 0 aliphatic carbocycles. The molecule has 0 unspecified atom stereocenters. The summed E-state index contributed by atoms with van der Waals surface area (Å²) in [7, 11) is 1.15. The normalized spacial score (nSPS) is 11.3. The van der Waals surface area contributed by atoms with Gasteiger partial charge in [-0.15, -0.1) is 20.2 Å². The standard InChI is InChI=1S/C6H10N2O8/c1-14-6(9)3-2-5(16-8(12)13)4-15-7(10)11/h5H,2-4H2,1H3/t5-/m1/s1. The van der Waals surface area contributed by atoms with Gasteiger partial charge in [-0.05, 0) is 6.42 Å². The maximum absolute atomic E-state index is 10.7. The highest BCUT2D eigenvalue weighted by molar-refractivity contribution is 5.69. The average molecular weight is 238 g/mol. The molecule has 0 aromatic heterocycles. The highest BCUT2D eigenvalue weighted by atomic mass is 17.0. The molecular formula is C6H10N2O8. The maximum atomic E-state index is 10.7. The lowest BCUT2D eigenvalue weighted by atomic mass is 10.2. The van der Waals surface area contributed by atoms with Crippen LogP contribution in [0.5, 0.6) is 0 Å². The van der Waals surface area contributed by atoms with Crippen LogP contribution in [0.1, 0.15) is 12.8 Å². The summed E-state index contributed by atoms with van der Waals surface area (Å²) in [5, 5.41) is 17.7. The molecule has 0 aliphatic heterocycles. The number of carbonyl (C=O) groups excluding carboxylic acids is 1. The monoisotopic (exact) mass is 238 g/mol. The fourth-order valence-electron chi connectivity index (χ4n) is 0.813. The summed E-state index contributed by atoms with van der Waals surface area (Å²) in [6.07, 6.45) is -1.45. The molecule has 0 aromatic rings. The zero-order valence-corrected chi connectivity index (χ0v) is 8.36. The van der Waals surface area contributed by atoms with Gasteiger partial charge in [0.15, 0.2) is 0 Å². The van der Waals surface area contributed by atoms with E-state index in [4.69, 9.17) is 0 Å². The summed E-state index contributed by atoms with van der Waals surface area (Å²) in [4.78, 5) is 38.6. The largest absolute Gasteiger partial charge is 0.469 e. The van der Waals surface area contributed by atoms with Crippen LogP contribution in [0.3, 0.4) is 0 Å². The average Bonchev–Trinajstić information content (AvgIpc) is 2.20. The molecule has 0 aromatic carbocycles. The number of rotatable bonds is 8. The van der Waals surface area contributed by atoms with E-state index in [1.165, 1.54) is 0 Å². The second-order valence-electron chi connectivity index (χ2n) is 2.59. The Labute approximate surface area is 89.3 Å². The van der Waals surface area contributed by atoms with E-state index < -0.39 is 28.9 Å². The topological polar surface area (TPSA) is 131 Å². The first-order valence-electron chi connectivity index (χ1n) is 4.11. The maximum Gasteiger partial charge on any atom is 0.305 e. The lowest BCUT2D eigenvalue weighted by molar-refractivity contribution is -0.790. The predicted octanol–water partition coefficient (Wildman–Crippen LogP) is -0.275. The summed E-state index contributed by atoms with van der Waals surface area (Å²) < 4.78 is 4.29. The molecule has 0 saturated carbocycles. The fraction of sp³-hybridized carbons (Fsp3) is 0.833. The molecule has 0 aliphatic rings. The molecule has 16 heavy (non-hydrogen) atoms. The van der Waals surface area contributed by atoms with Gasteiger partial charge >= 0.3 is 5.97 Å². The van der Waals surface area contributed by atoms with Gasteiger partial charge in [0.25, 0.3) is 10.2 Å². The quantitative estimate of drug-likeness (QED) is 0.320. The Morgan fingerprint density at radius 3 is 2.38 bits per heavy atom. The first kappa shape index (κ1) is 13.9. The van der Waals surface area contributed by atoms with Gasteiger partial charge in [-0.1, -0.05) is 0 Å². The van der Waals surface area contributed by atoms with Crippen LogP contribution in [0, 0.1) is 20.2 Å². The predicted molar refractivity (Wildman–Crippen MR) is 46.1 cm³/mol. The zero-order chi connectivity index (χ0) is 12.6. The molecule has 0 bridgehead atoms. The Morgan fingerprint density at radius 1 is 1.31 bits per heavy atom. The first-order chi connectivity index (χ1) is 7.45. The van der Waals surface area contributed by atoms with Gasteiger partial charge < -0.3 is 14.4 Å². The molecule has 92 valence electrons. The minimum atomic E-state index is -1.18. The van der Waals surface area contributed by atoms with E-state index in [1.54, 1.807) is 0 Å². The Morgan fingerprint density at radius 2 is 1.94 bits per heavy atom. The van der Waals surface area contributed by atoms with Crippen molar-refractivity contribution in [2.45, 2.75) is 18.9 Å². The Hall–Kier alpha value is -2.13. The molecule has 0 spiro atoms. The van der Waals surface area contributed by atoms with Gasteiger partial charge in [-0.2, -0.15) is 0 Å². The van der Waals surface area contributed by atoms with E-state index in [1.807, 2.05) is 0 Å². The third-order valence-corrected chi connectivity index (χ3v) is 1.50. The van der Waals surface area contributed by atoms with Crippen molar-refractivity contribution in [3.63, 3.8) is 0 Å². The number of nitrogens with zero attached hydrogens (tertiary/aromatic N) is 2. The van der Waals surface area contributed by atoms with Crippen molar-refractivity contribution in [2.24, 2.45) is 0 Å². The number of esters is 1. The number of hydrogen-bond acceptors (Lipinski definition) is 8. The number of carbonyl (C=O) groups is 1. The molecular weight excluding hydrogens is 228 g/mol. The van der Waals surface area contributed by atoms with Gasteiger partial charge in [-0.3, -0.25) is 4.79 Å². The van der Waals surface area contributed by atoms with E-state index >= 15 is 0 Å². The van der Waals surface area contributed by atoms with Gasteiger partial charge in [0.1, 0.15) is 12.7 Å². The van der Waals surface area contributed by atoms with Gasteiger partial charge in [0.05, 0.1) is 7.11 Å². The summed E-state index contributed by atoms with van der Waals surface area (Å²) in [5.41, 5.74) is 0. The summed E-state index contributed by atoms with van der Waals surface area (Å²) in [6, 6.07) is 0. The van der Waals surface area contributed by atoms with Gasteiger partial charge in [0.2, 0.25) is 0 Å². The van der Waals surface area contributed by atoms with Crippen LogP contribution < -0.4 is 0 Å². The molecule has 0 saturated heterocycles. The van der Waals surface area contributed by atoms with Crippen molar-refractivity contribution in [3.8, 4) is 0 Å². The van der Waals surface area contributed by atoms with E-state index in [2.05, 4.69) is 14.4 Å². The van der Waals surface area contributed by atoms with Crippen LogP contribution in [0.25, 0.3) is 0 Å². The summed E-state index contributed by atoms with van der Waals surface area (Å²) >= 11 is 0. The van der Waals surface area contributed by atoms with Crippen LogP contribution in [0.4, 0.5) is 0 Å². The molecule has 0 heterocycles. The van der Waals surface area contributed by atoms with E-state index in [0.717, 1.165) is 7.11 Å². The van der Waals surface area contributed by atoms with Crippen molar-refractivity contribution >= 4 is 5.97 Å². The summed E-state index contributed by atoms with van der Waals surface area (Å²) in [5.74, 6) is -0.599. The number of hydrogen-bond donors (Lipinski definition) is 0. The summed E-state index contributed by atoms with van der Waals surface area (Å²) in [6.45, 7) is -0.620. The minimum absolute atomic E-state index is 0.110. The van der Waals surface area contributed by atoms with Crippen LogP contribution >= 0.6 is 0 Å². The lowest BCUT2D eigenvalue weighted by Gasteiger charge is -2.12. The third-order valence-electron chi connectivity index (χ3n) is 1.50. The van der Waals surface area contributed by atoms with Crippen molar-refractivity contribution in [1.29, 1.82) is 0 Å². The Bertz CT molecular complexity index is 267. The Kier molecular flexibility index (Phi) is 6.24. The van der Waals surface area contributed by atoms with Crippen molar-refractivity contribution in [2.75, 3.05) is 13.7 Å². The van der Waals surface area contributed by atoms with E-state index in [9.17, 15) is 25.0 Å². The second-order valence-corrected chi connectivity index (χ2v) is 2.59. The number of ether oxygens (including phenoxy) is 1. The Balaban J connectivity index is 4.04. The van der Waals surface area contributed by atoms with Crippen LogP contribution in [0.2, 0.25) is 0 Å². The zero-order valence-electron chi connectivity index (χ0n) is 8.36. The van der Waals surface area contributed by atoms with E-state index in [-0.39, 0.29) is 12.8 Å². The van der Waals surface area contributed by atoms with Crippen LogP contribution in [-0.2, 0) is 19.2 Å². The second kappa shape index (κ2) is 7.20. The molecule has 10 heteroatoms. The molecule has 0 N–H and O–H groups in total. The van der Waals surface area contributed by atoms with E-state index in [0.29, 0.717) is 0 Å². The molecule has 0 amide bonds. The van der Waals surface area contributed by atoms with Gasteiger partial charge in [-0.25, -0.2) is 0 Å². The molecule has 0 fully saturated rings. The molecule has 0 radical (unpaired) electrons. The first-order valence-corrected chi connectivity index (χ1v) is 4.11. The van der Waals surface area contributed by atoms with Crippen LogP contribution in [0.15, 0.2) is 0 Å². The smallest absolute Gasteiger partial charge is 0.305 e. The molecule has 10 nitrogen and oxygen atoms in total. The highest BCUT2D eigenvalue weighted by Gasteiger charge is 2.17. The minimum Gasteiger partial charge on any atom is -0.469 e. The number of methoxy groups -OCH3 is 1. The highest BCUT2D eigenvalue weighted by Crippen LogP contribution is 2.04. The SMILES string of the molecule is COC(=O)CC[C@H](CO[N+](=O)[O-])O[N+](=O)[O-]. The van der Waals surface area contributed by atoms with Crippen molar-refractivity contribution < 1.29 is 29.4 Å². The third kappa shape index (κ3) is 7.29. The van der Waals surface area contributed by atoms with Gasteiger partial charge in [0, 0.05) is 6.42 Å². The molecule has 0 rings (SSSR count). The fourth-order valence-corrected chi connectivity index (χ4v) is 0.813. The van der Waals surface area contributed by atoms with Crippen molar-refractivity contribution in [3.05, 3.63) is 20.2 Å². The lowest BCUT2D eigenvalue weighted by Crippen LogP contribution is -2.25. The van der Waals surface area contributed by atoms with Crippen molar-refractivity contribution in [1.82, 2.24) is 0 Å². The molecule has 1 atom stereocenters.